The molecule has 0 bridgehead atoms. The third-order valence-electron chi connectivity index (χ3n) is 1.17. The van der Waals surface area contributed by atoms with E-state index in [1.807, 2.05) is 0 Å². The first-order valence-electron chi connectivity index (χ1n) is 4.11. The number of rotatable bonds is 3. The Morgan fingerprint density at radius 2 is 2.00 bits per heavy atom. The monoisotopic (exact) mass is 201 g/mol. The zero-order chi connectivity index (χ0) is 11.4. The van der Waals surface area contributed by atoms with Crippen molar-refractivity contribution in [3.8, 4) is 0 Å². The molecule has 0 radical (unpaired) electrons. The molecule has 0 spiro atoms. The Bertz CT molecular complexity index is 242. The smallest absolute Gasteiger partial charge is 0.408 e. The molecule has 2 N–H and O–H groups in total. The standard InChI is InChI=1S/C9H15NO4/c1-5-6(7(11)12)10-8(13)14-9(2,3)4/h5-6H,1H2,2-4H3,(H,10,13)(H,11,12)/t6-/m1/s1. The molecule has 5 heteroatoms. The number of carboxylic acids is 1. The molecule has 1 amide bonds. The summed E-state index contributed by atoms with van der Waals surface area (Å²) >= 11 is 0. The Kier molecular flexibility index (Phi) is 4.14. The average molecular weight is 201 g/mol. The summed E-state index contributed by atoms with van der Waals surface area (Å²) in [4.78, 5) is 21.6. The molecular weight excluding hydrogens is 186 g/mol. The van der Waals surface area contributed by atoms with E-state index in [-0.39, 0.29) is 0 Å². The SMILES string of the molecule is C=C[C@@H](NC(=O)OC(C)(C)C)C(=O)O. The number of amides is 1. The predicted molar refractivity (Wildman–Crippen MR) is 51.0 cm³/mol. The summed E-state index contributed by atoms with van der Waals surface area (Å²) in [5.74, 6) is -1.18. The summed E-state index contributed by atoms with van der Waals surface area (Å²) < 4.78 is 4.86. The van der Waals surface area contributed by atoms with Gasteiger partial charge in [0.15, 0.2) is 0 Å². The van der Waals surface area contributed by atoms with Crippen molar-refractivity contribution in [3.05, 3.63) is 12.7 Å². The number of carbonyl (C=O) groups excluding carboxylic acids is 1. The van der Waals surface area contributed by atoms with Crippen molar-refractivity contribution in [2.24, 2.45) is 0 Å². The van der Waals surface area contributed by atoms with E-state index >= 15 is 0 Å². The van der Waals surface area contributed by atoms with Crippen LogP contribution in [-0.2, 0) is 9.53 Å². The first-order valence-corrected chi connectivity index (χ1v) is 4.11. The lowest BCUT2D eigenvalue weighted by Gasteiger charge is -2.20. The lowest BCUT2D eigenvalue weighted by atomic mass is 10.2. The Morgan fingerprint density at radius 1 is 1.50 bits per heavy atom. The number of hydrogen-bond donors (Lipinski definition) is 2. The minimum atomic E-state index is -1.18. The molecule has 0 fully saturated rings. The van der Waals surface area contributed by atoms with Crippen LogP contribution < -0.4 is 5.32 Å². The predicted octanol–water partition coefficient (Wildman–Crippen LogP) is 1.15. The van der Waals surface area contributed by atoms with Gasteiger partial charge >= 0.3 is 12.1 Å². The lowest BCUT2D eigenvalue weighted by Crippen LogP contribution is -2.42. The van der Waals surface area contributed by atoms with E-state index in [2.05, 4.69) is 11.9 Å². The van der Waals surface area contributed by atoms with Gasteiger partial charge in [-0.3, -0.25) is 0 Å². The molecule has 1 atom stereocenters. The van der Waals surface area contributed by atoms with Crippen molar-refractivity contribution < 1.29 is 19.4 Å². The minimum absolute atomic E-state index is 0.645. The molecule has 0 unspecified atom stereocenters. The molecule has 0 heterocycles. The van der Waals surface area contributed by atoms with E-state index in [0.29, 0.717) is 0 Å². The summed E-state index contributed by atoms with van der Waals surface area (Å²) in [6.07, 6.45) is 0.344. The molecule has 0 aliphatic heterocycles. The zero-order valence-corrected chi connectivity index (χ0v) is 8.53. The quantitative estimate of drug-likeness (QED) is 0.671. The maximum Gasteiger partial charge on any atom is 0.408 e. The third-order valence-corrected chi connectivity index (χ3v) is 1.17. The van der Waals surface area contributed by atoms with Crippen molar-refractivity contribution in [3.63, 3.8) is 0 Å². The number of hydrogen-bond acceptors (Lipinski definition) is 3. The highest BCUT2D eigenvalue weighted by atomic mass is 16.6. The van der Waals surface area contributed by atoms with Gasteiger partial charge in [-0.05, 0) is 20.8 Å². The van der Waals surface area contributed by atoms with Crippen molar-refractivity contribution in [2.45, 2.75) is 32.4 Å². The Morgan fingerprint density at radius 3 is 2.29 bits per heavy atom. The molecular formula is C9H15NO4. The van der Waals surface area contributed by atoms with Crippen LogP contribution in [0.5, 0.6) is 0 Å². The Hall–Kier alpha value is -1.52. The fourth-order valence-electron chi connectivity index (χ4n) is 0.656. The van der Waals surface area contributed by atoms with E-state index in [4.69, 9.17) is 9.84 Å². The molecule has 0 saturated carbocycles. The van der Waals surface area contributed by atoms with Gasteiger partial charge < -0.3 is 15.2 Å². The van der Waals surface area contributed by atoms with Gasteiger partial charge in [0.05, 0.1) is 0 Å². The molecule has 14 heavy (non-hydrogen) atoms. The van der Waals surface area contributed by atoms with Gasteiger partial charge in [-0.25, -0.2) is 9.59 Å². The minimum Gasteiger partial charge on any atom is -0.479 e. The number of carboxylic acid groups (broad SMARTS) is 1. The second-order valence-corrected chi connectivity index (χ2v) is 3.70. The van der Waals surface area contributed by atoms with E-state index < -0.39 is 23.7 Å². The van der Waals surface area contributed by atoms with Crippen LogP contribution in [0.15, 0.2) is 12.7 Å². The van der Waals surface area contributed by atoms with Crippen LogP contribution >= 0.6 is 0 Å². The Balaban J connectivity index is 4.18. The topological polar surface area (TPSA) is 75.6 Å². The van der Waals surface area contributed by atoms with Gasteiger partial charge in [0.25, 0.3) is 0 Å². The zero-order valence-electron chi connectivity index (χ0n) is 8.53. The van der Waals surface area contributed by atoms with Crippen LogP contribution in [0.4, 0.5) is 4.79 Å². The van der Waals surface area contributed by atoms with Gasteiger partial charge in [0.2, 0.25) is 0 Å². The largest absolute Gasteiger partial charge is 0.479 e. The average Bonchev–Trinajstić information content (AvgIpc) is 1.96. The van der Waals surface area contributed by atoms with Gasteiger partial charge in [0, 0.05) is 0 Å². The molecule has 0 aromatic rings. The number of alkyl carbamates (subject to hydrolysis) is 1. The van der Waals surface area contributed by atoms with E-state index in [1.165, 1.54) is 0 Å². The fraction of sp³-hybridized carbons (Fsp3) is 0.556. The van der Waals surface area contributed by atoms with Crippen LogP contribution in [0.2, 0.25) is 0 Å². The number of nitrogens with one attached hydrogen (secondary N) is 1. The highest BCUT2D eigenvalue weighted by molar-refractivity contribution is 5.81. The van der Waals surface area contributed by atoms with E-state index in [1.54, 1.807) is 20.8 Å². The molecule has 0 aromatic carbocycles. The van der Waals surface area contributed by atoms with Gasteiger partial charge in [-0.15, -0.1) is 6.58 Å². The molecule has 0 aliphatic carbocycles. The first kappa shape index (κ1) is 12.5. The van der Waals surface area contributed by atoms with Crippen molar-refractivity contribution >= 4 is 12.1 Å². The van der Waals surface area contributed by atoms with Gasteiger partial charge in [0.1, 0.15) is 11.6 Å². The normalized spacial score (nSPS) is 12.8. The number of carbonyl (C=O) groups is 2. The summed E-state index contributed by atoms with van der Waals surface area (Å²) in [5.41, 5.74) is -0.645. The fourth-order valence-corrected chi connectivity index (χ4v) is 0.656. The highest BCUT2D eigenvalue weighted by Gasteiger charge is 2.21. The first-order chi connectivity index (χ1) is 6.26. The van der Waals surface area contributed by atoms with Crippen LogP contribution in [-0.4, -0.2) is 28.8 Å². The molecule has 0 saturated heterocycles. The second-order valence-electron chi connectivity index (χ2n) is 3.70. The molecule has 0 rings (SSSR count). The molecule has 80 valence electrons. The number of ether oxygens (including phenoxy) is 1. The van der Waals surface area contributed by atoms with Crippen molar-refractivity contribution in [1.29, 1.82) is 0 Å². The highest BCUT2D eigenvalue weighted by Crippen LogP contribution is 2.06. The second kappa shape index (κ2) is 4.64. The van der Waals surface area contributed by atoms with Crippen molar-refractivity contribution in [2.75, 3.05) is 0 Å². The molecule has 0 aliphatic rings. The maximum absolute atomic E-state index is 11.1. The van der Waals surface area contributed by atoms with Crippen LogP contribution in [0, 0.1) is 0 Å². The number of aliphatic carboxylic acids is 1. The van der Waals surface area contributed by atoms with Crippen LogP contribution in [0.3, 0.4) is 0 Å². The van der Waals surface area contributed by atoms with E-state index in [9.17, 15) is 9.59 Å². The van der Waals surface area contributed by atoms with Crippen molar-refractivity contribution in [1.82, 2.24) is 5.32 Å². The molecule has 0 aromatic heterocycles. The molecule has 5 nitrogen and oxygen atoms in total. The summed E-state index contributed by atoms with van der Waals surface area (Å²) in [7, 11) is 0. The Labute approximate surface area is 82.7 Å². The lowest BCUT2D eigenvalue weighted by molar-refractivity contribution is -0.138. The summed E-state index contributed by atoms with van der Waals surface area (Å²) in [5, 5.41) is 10.7. The van der Waals surface area contributed by atoms with Gasteiger partial charge in [-0.1, -0.05) is 6.08 Å². The maximum atomic E-state index is 11.1. The van der Waals surface area contributed by atoms with Crippen LogP contribution in [0.1, 0.15) is 20.8 Å². The summed E-state index contributed by atoms with van der Waals surface area (Å²) in [6.45, 7) is 8.35. The third kappa shape index (κ3) is 5.18. The van der Waals surface area contributed by atoms with E-state index in [0.717, 1.165) is 6.08 Å². The van der Waals surface area contributed by atoms with Crippen LogP contribution in [0.25, 0.3) is 0 Å². The van der Waals surface area contributed by atoms with Gasteiger partial charge in [-0.2, -0.15) is 0 Å². The summed E-state index contributed by atoms with van der Waals surface area (Å²) in [6, 6.07) is -1.12.